The van der Waals surface area contributed by atoms with Gasteiger partial charge in [-0.25, -0.2) is 0 Å². The lowest BCUT2D eigenvalue weighted by molar-refractivity contribution is -0.167. The molecule has 73 heavy (non-hydrogen) atoms. The quantitative estimate of drug-likeness (QED) is 0.0261. The molecule has 0 aromatic heterocycles. The number of carbonyl (C=O) groups is 3. The predicted octanol–water partition coefficient (Wildman–Crippen LogP) is 22.2. The minimum atomic E-state index is -0.769. The van der Waals surface area contributed by atoms with Crippen molar-refractivity contribution < 1.29 is 28.6 Å². The van der Waals surface area contributed by atoms with Gasteiger partial charge in [0.25, 0.3) is 0 Å². The lowest BCUT2D eigenvalue weighted by Gasteiger charge is -2.18. The van der Waals surface area contributed by atoms with Crippen LogP contribution in [0.4, 0.5) is 0 Å². The van der Waals surface area contributed by atoms with Crippen LogP contribution < -0.4 is 0 Å². The molecular weight excluding hydrogens is 901 g/mol. The molecule has 0 aromatic carbocycles. The average molecular weight is 1030 g/mol. The molecule has 0 spiro atoms. The van der Waals surface area contributed by atoms with Gasteiger partial charge in [-0.15, -0.1) is 0 Å². The van der Waals surface area contributed by atoms with Crippen LogP contribution in [0.25, 0.3) is 0 Å². The standard InChI is InChI=1S/C67H126O6/c1-4-7-10-13-16-18-20-22-23-24-25-26-27-28-29-30-31-32-33-34-35-36-37-38-39-40-41-42-43-45-46-48-51-54-57-60-66(69)72-63-64(62-71-65(68)59-56-53-50-15-12-9-6-3)73-67(70)61-58-55-52-49-47-44-21-19-17-14-11-8-5-2/h19,21,24-25,64H,4-18,20,22-23,26-63H2,1-3H3/b21-19-,25-24-. The Bertz CT molecular complexity index is 1180. The van der Waals surface area contributed by atoms with Crippen molar-refractivity contribution >= 4 is 17.9 Å². The van der Waals surface area contributed by atoms with Crippen molar-refractivity contribution in [1.29, 1.82) is 0 Å². The van der Waals surface area contributed by atoms with Crippen molar-refractivity contribution in [3.8, 4) is 0 Å². The van der Waals surface area contributed by atoms with Crippen molar-refractivity contribution in [2.24, 2.45) is 0 Å². The molecule has 0 N–H and O–H groups in total. The largest absolute Gasteiger partial charge is 0.462 e. The van der Waals surface area contributed by atoms with Gasteiger partial charge in [0.1, 0.15) is 13.2 Å². The zero-order valence-corrected chi connectivity index (χ0v) is 49.4. The van der Waals surface area contributed by atoms with Crippen molar-refractivity contribution in [2.45, 2.75) is 374 Å². The molecule has 0 rings (SSSR count). The van der Waals surface area contributed by atoms with Crippen LogP contribution in [-0.4, -0.2) is 37.2 Å². The van der Waals surface area contributed by atoms with Crippen molar-refractivity contribution in [1.82, 2.24) is 0 Å². The third-order valence-corrected chi connectivity index (χ3v) is 14.9. The van der Waals surface area contributed by atoms with Gasteiger partial charge in [0.05, 0.1) is 0 Å². The smallest absolute Gasteiger partial charge is 0.306 e. The first-order valence-corrected chi connectivity index (χ1v) is 32.8. The maximum Gasteiger partial charge on any atom is 0.306 e. The Morgan fingerprint density at radius 3 is 0.699 bits per heavy atom. The number of hydrogen-bond acceptors (Lipinski definition) is 6. The molecule has 430 valence electrons. The highest BCUT2D eigenvalue weighted by atomic mass is 16.6. The van der Waals surface area contributed by atoms with Gasteiger partial charge in [-0.05, 0) is 70.6 Å². The molecule has 6 nitrogen and oxygen atoms in total. The van der Waals surface area contributed by atoms with Crippen LogP contribution in [-0.2, 0) is 28.6 Å². The van der Waals surface area contributed by atoms with Crippen LogP contribution >= 0.6 is 0 Å². The molecule has 0 amide bonds. The molecule has 0 aromatic rings. The van der Waals surface area contributed by atoms with E-state index in [9.17, 15) is 14.4 Å². The molecule has 0 saturated heterocycles. The molecule has 1 atom stereocenters. The van der Waals surface area contributed by atoms with Gasteiger partial charge < -0.3 is 14.2 Å². The molecule has 0 aliphatic carbocycles. The fourth-order valence-electron chi connectivity index (χ4n) is 9.97. The van der Waals surface area contributed by atoms with Crippen molar-refractivity contribution in [3.63, 3.8) is 0 Å². The lowest BCUT2D eigenvalue weighted by atomic mass is 10.0. The Labute approximate surface area is 455 Å². The van der Waals surface area contributed by atoms with Crippen LogP contribution in [0.2, 0.25) is 0 Å². The highest BCUT2D eigenvalue weighted by Gasteiger charge is 2.19. The van der Waals surface area contributed by atoms with Crippen molar-refractivity contribution in [3.05, 3.63) is 24.3 Å². The maximum absolute atomic E-state index is 12.8. The number of unbranched alkanes of at least 4 members (excludes halogenated alkanes) is 46. The second kappa shape index (κ2) is 62.4. The predicted molar refractivity (Wildman–Crippen MR) is 316 cm³/mol. The van der Waals surface area contributed by atoms with Gasteiger partial charge >= 0.3 is 17.9 Å². The van der Waals surface area contributed by atoms with E-state index < -0.39 is 6.10 Å². The van der Waals surface area contributed by atoms with Gasteiger partial charge in [0, 0.05) is 19.3 Å². The Kier molecular flexibility index (Phi) is 60.6. The summed E-state index contributed by atoms with van der Waals surface area (Å²) in [5, 5.41) is 0. The molecule has 0 aliphatic heterocycles. The Balaban J connectivity index is 3.87. The highest BCUT2D eigenvalue weighted by Crippen LogP contribution is 2.18. The Morgan fingerprint density at radius 2 is 0.452 bits per heavy atom. The molecule has 0 bridgehead atoms. The van der Waals surface area contributed by atoms with E-state index in [2.05, 4.69) is 45.1 Å². The number of rotatable bonds is 61. The third kappa shape index (κ3) is 60.6. The zero-order chi connectivity index (χ0) is 52.9. The zero-order valence-electron chi connectivity index (χ0n) is 49.4. The number of hydrogen-bond donors (Lipinski definition) is 0. The van der Waals surface area contributed by atoms with Crippen LogP contribution in [0, 0.1) is 0 Å². The van der Waals surface area contributed by atoms with E-state index >= 15 is 0 Å². The molecule has 0 radical (unpaired) electrons. The van der Waals surface area contributed by atoms with Crippen molar-refractivity contribution in [2.75, 3.05) is 13.2 Å². The average Bonchev–Trinajstić information content (AvgIpc) is 3.39. The lowest BCUT2D eigenvalue weighted by Crippen LogP contribution is -2.30. The summed E-state index contributed by atoms with van der Waals surface area (Å²) in [6.45, 7) is 6.62. The summed E-state index contributed by atoms with van der Waals surface area (Å²) < 4.78 is 16.8. The van der Waals surface area contributed by atoms with Gasteiger partial charge in [-0.2, -0.15) is 0 Å². The maximum atomic E-state index is 12.8. The third-order valence-electron chi connectivity index (χ3n) is 14.9. The van der Waals surface area contributed by atoms with E-state index in [0.29, 0.717) is 19.3 Å². The summed E-state index contributed by atoms with van der Waals surface area (Å²) in [5.41, 5.74) is 0. The first kappa shape index (κ1) is 70.9. The van der Waals surface area contributed by atoms with Gasteiger partial charge in [0.2, 0.25) is 0 Å². The second-order valence-corrected chi connectivity index (χ2v) is 22.4. The summed E-state index contributed by atoms with van der Waals surface area (Å²) in [6, 6.07) is 0. The number of esters is 3. The number of allylic oxidation sites excluding steroid dienone is 4. The van der Waals surface area contributed by atoms with Gasteiger partial charge in [0.15, 0.2) is 6.10 Å². The monoisotopic (exact) mass is 1030 g/mol. The molecule has 0 saturated carbocycles. The molecule has 0 fully saturated rings. The van der Waals surface area contributed by atoms with Gasteiger partial charge in [-0.3, -0.25) is 14.4 Å². The number of ether oxygens (including phenoxy) is 3. The van der Waals surface area contributed by atoms with E-state index in [-0.39, 0.29) is 31.1 Å². The summed E-state index contributed by atoms with van der Waals surface area (Å²) in [6.07, 6.45) is 75.4. The molecule has 0 aliphatic rings. The minimum absolute atomic E-state index is 0.0695. The van der Waals surface area contributed by atoms with E-state index in [1.165, 1.54) is 263 Å². The fourth-order valence-corrected chi connectivity index (χ4v) is 9.97. The Morgan fingerprint density at radius 1 is 0.260 bits per heavy atom. The second-order valence-electron chi connectivity index (χ2n) is 22.4. The topological polar surface area (TPSA) is 78.9 Å². The fraction of sp³-hybridized carbons (Fsp3) is 0.896. The van der Waals surface area contributed by atoms with Crippen LogP contribution in [0.3, 0.4) is 0 Å². The first-order chi connectivity index (χ1) is 36.0. The molecular formula is C67H126O6. The van der Waals surface area contributed by atoms with E-state index in [1.54, 1.807) is 0 Å². The van der Waals surface area contributed by atoms with Crippen LogP contribution in [0.1, 0.15) is 367 Å². The van der Waals surface area contributed by atoms with Crippen LogP contribution in [0.5, 0.6) is 0 Å². The van der Waals surface area contributed by atoms with Gasteiger partial charge in [-0.1, -0.05) is 302 Å². The summed E-state index contributed by atoms with van der Waals surface area (Å²) in [7, 11) is 0. The minimum Gasteiger partial charge on any atom is -0.462 e. The first-order valence-electron chi connectivity index (χ1n) is 32.8. The highest BCUT2D eigenvalue weighted by molar-refractivity contribution is 5.71. The normalized spacial score (nSPS) is 12.1. The van der Waals surface area contributed by atoms with E-state index in [0.717, 1.165) is 64.2 Å². The van der Waals surface area contributed by atoms with E-state index in [1.807, 2.05) is 0 Å². The molecule has 0 heterocycles. The Hall–Kier alpha value is -2.11. The summed E-state index contributed by atoms with van der Waals surface area (Å²) in [4.78, 5) is 37.9. The molecule has 1 unspecified atom stereocenters. The van der Waals surface area contributed by atoms with Crippen LogP contribution in [0.15, 0.2) is 24.3 Å². The summed E-state index contributed by atoms with van der Waals surface area (Å²) in [5.74, 6) is -0.865. The number of carbonyl (C=O) groups excluding carboxylic acids is 3. The summed E-state index contributed by atoms with van der Waals surface area (Å²) >= 11 is 0. The van der Waals surface area contributed by atoms with E-state index in [4.69, 9.17) is 14.2 Å². The molecule has 6 heteroatoms. The SMILES string of the molecule is CCCCCC/C=C\CCCCCCCC(=O)OC(COC(=O)CCCCCCCCC)COC(=O)CCCCCCCCCCCCCCCCCCCCCCCCC/C=C\CCCCCCCCCC.